The first-order valence-corrected chi connectivity index (χ1v) is 13.5. The summed E-state index contributed by atoms with van der Waals surface area (Å²) >= 11 is 1.37. The topological polar surface area (TPSA) is 90.2 Å². The van der Waals surface area contributed by atoms with E-state index in [1.54, 1.807) is 12.3 Å². The molecule has 0 atom stereocenters. The zero-order valence-electron chi connectivity index (χ0n) is 21.5. The maximum atomic E-state index is 12.5. The Labute approximate surface area is 220 Å². The van der Waals surface area contributed by atoms with Crippen molar-refractivity contribution in [3.8, 4) is 11.3 Å². The number of ether oxygens (including phenoxy) is 1. The van der Waals surface area contributed by atoms with Gasteiger partial charge in [0.15, 0.2) is 5.13 Å². The number of nitrogens with zero attached hydrogens (tertiary/aromatic N) is 3. The van der Waals surface area contributed by atoms with E-state index in [-0.39, 0.29) is 23.9 Å². The Morgan fingerprint density at radius 1 is 1.14 bits per heavy atom. The van der Waals surface area contributed by atoms with Crippen LogP contribution < -0.4 is 10.6 Å². The van der Waals surface area contributed by atoms with E-state index in [9.17, 15) is 9.59 Å². The summed E-state index contributed by atoms with van der Waals surface area (Å²) in [4.78, 5) is 29.5. The van der Waals surface area contributed by atoms with E-state index in [1.807, 2.05) is 16.1 Å². The van der Waals surface area contributed by atoms with Crippen LogP contribution in [0.15, 0.2) is 54.3 Å². The molecule has 0 saturated carbocycles. The highest BCUT2D eigenvalue weighted by molar-refractivity contribution is 7.14. The van der Waals surface area contributed by atoms with E-state index in [0.717, 1.165) is 43.9 Å². The monoisotopic (exact) mass is 519 g/mol. The summed E-state index contributed by atoms with van der Waals surface area (Å²) in [5, 5.41) is 9.13. The third-order valence-electron chi connectivity index (χ3n) is 6.76. The van der Waals surface area contributed by atoms with Crippen LogP contribution in [0, 0.1) is 5.92 Å². The van der Waals surface area contributed by atoms with Crippen molar-refractivity contribution in [2.45, 2.75) is 45.7 Å². The smallest absolute Gasteiger partial charge is 0.253 e. The molecule has 0 bridgehead atoms. The van der Waals surface area contributed by atoms with Gasteiger partial charge >= 0.3 is 0 Å². The van der Waals surface area contributed by atoms with Crippen LogP contribution in [0.3, 0.4) is 0 Å². The first-order chi connectivity index (χ1) is 17.8. The predicted molar refractivity (Wildman–Crippen MR) is 147 cm³/mol. The second kappa shape index (κ2) is 10.5. The lowest BCUT2D eigenvalue weighted by Crippen LogP contribution is -2.32. The Kier molecular flexibility index (Phi) is 7.17. The fourth-order valence-electron chi connectivity index (χ4n) is 4.55. The van der Waals surface area contributed by atoms with Gasteiger partial charge in [0, 0.05) is 60.3 Å². The van der Waals surface area contributed by atoms with Gasteiger partial charge in [0.2, 0.25) is 5.91 Å². The second-order valence-corrected chi connectivity index (χ2v) is 11.4. The number of benzene rings is 1. The van der Waals surface area contributed by atoms with Crippen LogP contribution >= 0.6 is 11.3 Å². The summed E-state index contributed by atoms with van der Waals surface area (Å²) in [6.45, 7) is 8.74. The quantitative estimate of drug-likeness (QED) is 0.355. The maximum Gasteiger partial charge on any atom is 0.253 e. The van der Waals surface area contributed by atoms with E-state index in [2.05, 4.69) is 71.4 Å². The fraction of sp³-hybridized carbons (Fsp3) is 0.393. The minimum Gasteiger partial charge on any atom is -0.381 e. The number of fused-ring (bicyclic) bond motifs is 1. The number of carbonyl (C=O) groups excluding carboxylic acids is 2. The largest absolute Gasteiger partial charge is 0.381 e. The zero-order chi connectivity index (χ0) is 26.0. The van der Waals surface area contributed by atoms with Crippen LogP contribution in [0.4, 0.5) is 5.13 Å². The lowest BCUT2D eigenvalue weighted by Gasteiger charge is -2.22. The highest BCUT2D eigenvalue weighted by Gasteiger charge is 2.17. The molecule has 37 heavy (non-hydrogen) atoms. The van der Waals surface area contributed by atoms with Crippen molar-refractivity contribution in [3.05, 3.63) is 59.9 Å². The minimum atomic E-state index is -0.315. The molecule has 8 nitrogen and oxygen atoms in total. The lowest BCUT2D eigenvalue weighted by molar-refractivity contribution is -0.115. The SMILES string of the molecule is CC(C)(C)n1ccc(C(=O)NCC(=O)Nc2nc(-c3ccc4ccn(CC5CCOCC5)c4c3)cs2)c1. The van der Waals surface area contributed by atoms with E-state index in [0.29, 0.717) is 16.6 Å². The summed E-state index contributed by atoms with van der Waals surface area (Å²) < 4.78 is 9.80. The summed E-state index contributed by atoms with van der Waals surface area (Å²) in [5.41, 5.74) is 3.42. The van der Waals surface area contributed by atoms with Gasteiger partial charge in [-0.1, -0.05) is 12.1 Å². The molecule has 1 aliphatic rings. The number of nitrogens with one attached hydrogen (secondary N) is 2. The molecule has 4 aromatic rings. The molecule has 0 spiro atoms. The van der Waals surface area contributed by atoms with Crippen LogP contribution in [-0.4, -0.2) is 45.7 Å². The van der Waals surface area contributed by atoms with Gasteiger partial charge in [0.05, 0.1) is 17.8 Å². The molecule has 4 heterocycles. The van der Waals surface area contributed by atoms with Crippen LogP contribution in [0.1, 0.15) is 44.0 Å². The molecule has 0 unspecified atom stereocenters. The van der Waals surface area contributed by atoms with Gasteiger partial charge in [-0.15, -0.1) is 11.3 Å². The maximum absolute atomic E-state index is 12.5. The molecule has 1 aromatic carbocycles. The van der Waals surface area contributed by atoms with Crippen molar-refractivity contribution < 1.29 is 14.3 Å². The number of amides is 2. The molecule has 1 fully saturated rings. The molecular weight excluding hydrogens is 486 g/mol. The van der Waals surface area contributed by atoms with Gasteiger partial charge in [-0.05, 0) is 63.1 Å². The Morgan fingerprint density at radius 3 is 2.70 bits per heavy atom. The van der Waals surface area contributed by atoms with Crippen molar-refractivity contribution in [2.75, 3.05) is 25.1 Å². The Morgan fingerprint density at radius 2 is 1.95 bits per heavy atom. The van der Waals surface area contributed by atoms with Crippen molar-refractivity contribution in [3.63, 3.8) is 0 Å². The standard InChI is InChI=1S/C28H33N5O3S/c1-28(2,3)33-11-7-22(17-33)26(35)29-15-25(34)31-27-30-23(18-37-27)21-5-4-20-6-10-32(24(20)14-21)16-19-8-12-36-13-9-19/h4-7,10-11,14,17-19H,8-9,12-13,15-16H2,1-3H3,(H,29,35)(H,30,31,34). The molecule has 9 heteroatoms. The first kappa shape index (κ1) is 25.2. The first-order valence-electron chi connectivity index (χ1n) is 12.7. The Bertz CT molecular complexity index is 1400. The van der Waals surface area contributed by atoms with E-state index in [1.165, 1.54) is 22.2 Å². The second-order valence-electron chi connectivity index (χ2n) is 10.5. The molecule has 1 aliphatic heterocycles. The van der Waals surface area contributed by atoms with Crippen molar-refractivity contribution in [1.82, 2.24) is 19.4 Å². The molecular formula is C28H33N5O3S. The zero-order valence-corrected chi connectivity index (χ0v) is 22.3. The average Bonchev–Trinajstić information content (AvgIpc) is 3.63. The number of hydrogen-bond acceptors (Lipinski definition) is 5. The number of anilines is 1. The van der Waals surface area contributed by atoms with E-state index in [4.69, 9.17) is 4.74 Å². The van der Waals surface area contributed by atoms with Gasteiger partial charge < -0.3 is 24.5 Å². The molecule has 5 rings (SSSR count). The summed E-state index contributed by atoms with van der Waals surface area (Å²) in [7, 11) is 0. The number of rotatable bonds is 7. The van der Waals surface area contributed by atoms with Gasteiger partial charge in [-0.25, -0.2) is 4.98 Å². The van der Waals surface area contributed by atoms with Crippen molar-refractivity contribution in [1.29, 1.82) is 0 Å². The van der Waals surface area contributed by atoms with Crippen LogP contribution in [0.5, 0.6) is 0 Å². The molecule has 1 saturated heterocycles. The molecule has 2 amide bonds. The summed E-state index contributed by atoms with van der Waals surface area (Å²) in [6.07, 6.45) is 8.00. The normalized spacial score (nSPS) is 14.7. The van der Waals surface area contributed by atoms with Gasteiger partial charge in [-0.2, -0.15) is 0 Å². The molecule has 2 N–H and O–H groups in total. The molecule has 0 aliphatic carbocycles. The Balaban J connectivity index is 1.20. The molecule has 3 aromatic heterocycles. The third kappa shape index (κ3) is 5.94. The van der Waals surface area contributed by atoms with Gasteiger partial charge in [-0.3, -0.25) is 9.59 Å². The molecule has 194 valence electrons. The highest BCUT2D eigenvalue weighted by Crippen LogP contribution is 2.29. The Hall–Kier alpha value is -3.43. The van der Waals surface area contributed by atoms with Crippen LogP contribution in [0.2, 0.25) is 0 Å². The third-order valence-corrected chi connectivity index (χ3v) is 7.51. The number of hydrogen-bond donors (Lipinski definition) is 2. The highest BCUT2D eigenvalue weighted by atomic mass is 32.1. The summed E-state index contributed by atoms with van der Waals surface area (Å²) in [6, 6.07) is 10.2. The van der Waals surface area contributed by atoms with Gasteiger partial charge in [0.1, 0.15) is 0 Å². The van der Waals surface area contributed by atoms with Crippen molar-refractivity contribution >= 4 is 39.2 Å². The number of thiazole rings is 1. The summed E-state index contributed by atoms with van der Waals surface area (Å²) in [5.74, 6) is 0.0355. The van der Waals surface area contributed by atoms with Gasteiger partial charge in [0.25, 0.3) is 5.91 Å². The lowest BCUT2D eigenvalue weighted by atomic mass is 10.0. The predicted octanol–water partition coefficient (Wildman–Crippen LogP) is 5.12. The van der Waals surface area contributed by atoms with Crippen molar-refractivity contribution in [2.24, 2.45) is 5.92 Å². The van der Waals surface area contributed by atoms with E-state index < -0.39 is 0 Å². The molecule has 0 radical (unpaired) electrons. The fourth-order valence-corrected chi connectivity index (χ4v) is 5.28. The van der Waals surface area contributed by atoms with Crippen LogP contribution in [-0.2, 0) is 21.6 Å². The number of aromatic nitrogens is 3. The minimum absolute atomic E-state index is 0.114. The van der Waals surface area contributed by atoms with E-state index >= 15 is 0 Å². The van der Waals surface area contributed by atoms with Crippen LogP contribution in [0.25, 0.3) is 22.2 Å². The average molecular weight is 520 g/mol. The number of carbonyl (C=O) groups is 2.